The number of hydrogen-bond acceptors (Lipinski definition) is 5. The molecule has 1 amide bonds. The molecule has 168 valence electrons. The van der Waals surface area contributed by atoms with Crippen molar-refractivity contribution < 1.29 is 14.1 Å². The molecule has 0 radical (unpaired) electrons. The fraction of sp³-hybridized carbons (Fsp3) is 0.174. The van der Waals surface area contributed by atoms with E-state index in [1.807, 2.05) is 13.8 Å². The fourth-order valence-corrected chi connectivity index (χ4v) is 3.61. The summed E-state index contributed by atoms with van der Waals surface area (Å²) in [5.74, 6) is -0.143. The number of halogens is 1. The van der Waals surface area contributed by atoms with Crippen LogP contribution in [0.4, 0.5) is 15.9 Å². The Balaban J connectivity index is 1.56. The van der Waals surface area contributed by atoms with Crippen molar-refractivity contribution in [3.63, 3.8) is 0 Å². The first-order chi connectivity index (χ1) is 15.7. The van der Waals surface area contributed by atoms with Crippen molar-refractivity contribution in [3.8, 4) is 11.4 Å². The van der Waals surface area contributed by atoms with Crippen LogP contribution in [-0.4, -0.2) is 30.4 Å². The quantitative estimate of drug-likeness (QED) is 0.351. The summed E-state index contributed by atoms with van der Waals surface area (Å²) in [6, 6.07) is 13.6. The molecule has 0 fully saturated rings. The fourth-order valence-electron chi connectivity index (χ4n) is 3.61. The van der Waals surface area contributed by atoms with Crippen molar-refractivity contribution in [2.45, 2.75) is 27.2 Å². The number of nitro groups is 1. The maximum Gasteiger partial charge on any atom is 0.269 e. The average Bonchev–Trinajstić information content (AvgIpc) is 3.28. The van der Waals surface area contributed by atoms with E-state index >= 15 is 0 Å². The third-order valence-electron chi connectivity index (χ3n) is 5.25. The van der Waals surface area contributed by atoms with Gasteiger partial charge < -0.3 is 5.32 Å². The van der Waals surface area contributed by atoms with Crippen LogP contribution < -0.4 is 5.32 Å². The second-order valence-corrected chi connectivity index (χ2v) is 7.62. The monoisotopic (exact) mass is 448 g/mol. The summed E-state index contributed by atoms with van der Waals surface area (Å²) >= 11 is 0. The van der Waals surface area contributed by atoms with E-state index in [0.29, 0.717) is 28.6 Å². The molecule has 0 spiro atoms. The first-order valence-corrected chi connectivity index (χ1v) is 10.2. The molecule has 2 heterocycles. The third-order valence-corrected chi connectivity index (χ3v) is 5.25. The molecule has 10 heteroatoms. The first-order valence-electron chi connectivity index (χ1n) is 10.2. The van der Waals surface area contributed by atoms with E-state index in [-0.39, 0.29) is 23.8 Å². The Bertz CT molecular complexity index is 1340. The first kappa shape index (κ1) is 21.9. The number of benzene rings is 2. The average molecular weight is 448 g/mol. The van der Waals surface area contributed by atoms with Gasteiger partial charge in [-0.25, -0.2) is 13.8 Å². The number of rotatable bonds is 6. The lowest BCUT2D eigenvalue weighted by Crippen LogP contribution is -2.18. The van der Waals surface area contributed by atoms with Gasteiger partial charge in [-0.1, -0.05) is 0 Å². The minimum atomic E-state index is -0.475. The number of aromatic nitrogens is 4. The molecule has 0 bridgehead atoms. The highest BCUT2D eigenvalue weighted by atomic mass is 19.1. The number of carbonyl (C=O) groups is 1. The number of amides is 1. The molecular weight excluding hydrogens is 427 g/mol. The predicted molar refractivity (Wildman–Crippen MR) is 120 cm³/mol. The Kier molecular flexibility index (Phi) is 5.74. The van der Waals surface area contributed by atoms with Crippen LogP contribution in [0.1, 0.15) is 22.6 Å². The van der Waals surface area contributed by atoms with Crippen LogP contribution in [0.2, 0.25) is 0 Å². The van der Waals surface area contributed by atoms with Gasteiger partial charge in [0.25, 0.3) is 5.69 Å². The van der Waals surface area contributed by atoms with Crippen molar-refractivity contribution in [1.82, 2.24) is 19.6 Å². The van der Waals surface area contributed by atoms with Gasteiger partial charge in [0.2, 0.25) is 5.91 Å². The minimum Gasteiger partial charge on any atom is -0.310 e. The van der Waals surface area contributed by atoms with E-state index in [4.69, 9.17) is 0 Å². The predicted octanol–water partition coefficient (Wildman–Crippen LogP) is 4.21. The van der Waals surface area contributed by atoms with E-state index in [1.54, 1.807) is 41.9 Å². The number of nitrogens with one attached hydrogen (secondary N) is 1. The van der Waals surface area contributed by atoms with Crippen molar-refractivity contribution in [3.05, 3.63) is 93.2 Å². The smallest absolute Gasteiger partial charge is 0.269 e. The normalized spacial score (nSPS) is 10.9. The van der Waals surface area contributed by atoms with Crippen LogP contribution in [0.15, 0.2) is 54.6 Å². The lowest BCUT2D eigenvalue weighted by atomic mass is 10.1. The number of non-ortho nitro benzene ring substituents is 1. The van der Waals surface area contributed by atoms with Gasteiger partial charge in [-0.05, 0) is 57.2 Å². The molecule has 1 N–H and O–H groups in total. The topological polar surface area (TPSA) is 108 Å². The van der Waals surface area contributed by atoms with Crippen molar-refractivity contribution in [2.24, 2.45) is 0 Å². The zero-order valence-corrected chi connectivity index (χ0v) is 18.2. The molecule has 0 saturated carbocycles. The summed E-state index contributed by atoms with van der Waals surface area (Å²) < 4.78 is 16.5. The van der Waals surface area contributed by atoms with Gasteiger partial charge in [0.05, 0.1) is 34.1 Å². The van der Waals surface area contributed by atoms with Crippen molar-refractivity contribution in [1.29, 1.82) is 0 Å². The van der Waals surface area contributed by atoms with Gasteiger partial charge >= 0.3 is 0 Å². The number of aryl methyl sites for hydroxylation is 2. The molecule has 4 rings (SSSR count). The molecule has 33 heavy (non-hydrogen) atoms. The second kappa shape index (κ2) is 8.65. The van der Waals surface area contributed by atoms with Crippen LogP contribution in [0.5, 0.6) is 0 Å². The molecule has 0 unspecified atom stereocenters. The van der Waals surface area contributed by atoms with E-state index in [9.17, 15) is 19.3 Å². The minimum absolute atomic E-state index is 0.0302. The molecule has 9 nitrogen and oxygen atoms in total. The highest BCUT2D eigenvalue weighted by Crippen LogP contribution is 2.22. The highest BCUT2D eigenvalue weighted by molar-refractivity contribution is 5.92. The van der Waals surface area contributed by atoms with Gasteiger partial charge in [-0.15, -0.1) is 0 Å². The Morgan fingerprint density at radius 2 is 1.61 bits per heavy atom. The van der Waals surface area contributed by atoms with E-state index in [0.717, 1.165) is 11.3 Å². The zero-order chi connectivity index (χ0) is 23.7. The van der Waals surface area contributed by atoms with E-state index in [1.165, 1.54) is 28.9 Å². The van der Waals surface area contributed by atoms with E-state index < -0.39 is 4.92 Å². The summed E-state index contributed by atoms with van der Waals surface area (Å²) in [7, 11) is 0. The summed E-state index contributed by atoms with van der Waals surface area (Å²) in [4.78, 5) is 23.3. The van der Waals surface area contributed by atoms with Gasteiger partial charge in [0.15, 0.2) is 0 Å². The molecule has 0 aliphatic heterocycles. The van der Waals surface area contributed by atoms with Crippen molar-refractivity contribution in [2.75, 3.05) is 5.32 Å². The Labute approximate surface area is 188 Å². The van der Waals surface area contributed by atoms with Gasteiger partial charge in [0, 0.05) is 29.5 Å². The number of carbonyl (C=O) groups excluding carboxylic acids is 1. The van der Waals surface area contributed by atoms with Crippen molar-refractivity contribution >= 4 is 17.4 Å². The number of hydrogen-bond donors (Lipinski definition) is 1. The summed E-state index contributed by atoms with van der Waals surface area (Å²) in [5.41, 5.74) is 4.20. The largest absolute Gasteiger partial charge is 0.310 e. The number of anilines is 1. The van der Waals surface area contributed by atoms with Gasteiger partial charge in [-0.2, -0.15) is 10.2 Å². The Morgan fingerprint density at radius 1 is 1.00 bits per heavy atom. The summed E-state index contributed by atoms with van der Waals surface area (Å²) in [6.45, 7) is 5.47. The lowest BCUT2D eigenvalue weighted by molar-refractivity contribution is -0.384. The molecular formula is C23H21FN6O3. The summed E-state index contributed by atoms with van der Waals surface area (Å²) in [6.07, 6.45) is 0.0867. The summed E-state index contributed by atoms with van der Waals surface area (Å²) in [5, 5.41) is 22.7. The van der Waals surface area contributed by atoms with Crippen LogP contribution in [0, 0.1) is 36.7 Å². The number of nitro benzene ring substituents is 1. The van der Waals surface area contributed by atoms with Crippen LogP contribution in [-0.2, 0) is 11.2 Å². The highest BCUT2D eigenvalue weighted by Gasteiger charge is 2.18. The maximum atomic E-state index is 13.3. The molecule has 2 aromatic heterocycles. The van der Waals surface area contributed by atoms with Gasteiger partial charge in [-0.3, -0.25) is 14.9 Å². The third kappa shape index (κ3) is 4.49. The second-order valence-electron chi connectivity index (χ2n) is 7.62. The molecule has 4 aromatic rings. The Morgan fingerprint density at radius 3 is 2.24 bits per heavy atom. The zero-order valence-electron chi connectivity index (χ0n) is 18.2. The molecule has 0 aliphatic carbocycles. The van der Waals surface area contributed by atoms with Gasteiger partial charge in [0.1, 0.15) is 11.6 Å². The standard InChI is InChI=1S/C23H21FN6O3/c1-14-12-22(29(26-14)19-8-10-20(11-9-19)30(32)33)25-23(31)13-21-15(2)27-28(16(21)3)18-6-4-17(24)5-7-18/h4-12H,13H2,1-3H3,(H,25,31). The number of nitrogens with zero attached hydrogens (tertiary/aromatic N) is 5. The van der Waals surface area contributed by atoms with Crippen LogP contribution in [0.3, 0.4) is 0 Å². The SMILES string of the molecule is Cc1cc(NC(=O)Cc2c(C)nn(-c3ccc(F)cc3)c2C)n(-c2ccc([N+](=O)[O-])cc2)n1. The van der Waals surface area contributed by atoms with Crippen LogP contribution in [0.25, 0.3) is 11.4 Å². The molecule has 0 atom stereocenters. The molecule has 0 aliphatic rings. The molecule has 0 saturated heterocycles. The lowest BCUT2D eigenvalue weighted by Gasteiger charge is -2.09. The molecule has 2 aromatic carbocycles. The van der Waals surface area contributed by atoms with E-state index in [2.05, 4.69) is 15.5 Å². The Hall–Kier alpha value is -4.34. The maximum absolute atomic E-state index is 13.3. The van der Waals surface area contributed by atoms with Crippen LogP contribution >= 0.6 is 0 Å².